The smallest absolute Gasteiger partial charge is 0.293 e. The Kier molecular flexibility index (Phi) is 5.82. The molecular weight excluding hydrogens is 366 g/mol. The first kappa shape index (κ1) is 18.6. The lowest BCUT2D eigenvalue weighted by atomic mass is 10.2. The van der Waals surface area contributed by atoms with Crippen molar-refractivity contribution in [3.63, 3.8) is 0 Å². The summed E-state index contributed by atoms with van der Waals surface area (Å²) in [4.78, 5) is 34.6. The molecule has 8 nitrogen and oxygen atoms in total. The Balaban J connectivity index is 1.53. The van der Waals surface area contributed by atoms with Crippen molar-refractivity contribution >= 4 is 34.1 Å². The van der Waals surface area contributed by atoms with Gasteiger partial charge in [-0.2, -0.15) is 0 Å². The molecule has 0 unspecified atom stereocenters. The van der Waals surface area contributed by atoms with Gasteiger partial charge in [0.1, 0.15) is 5.82 Å². The fraction of sp³-hybridized carbons (Fsp3) is 0.222. The molecule has 0 aliphatic rings. The first-order valence-electron chi connectivity index (χ1n) is 8.20. The van der Waals surface area contributed by atoms with Crippen LogP contribution in [0.3, 0.4) is 0 Å². The average Bonchev–Trinajstić information content (AvgIpc) is 3.32. The molecular formula is C18H19N5O3S. The molecule has 3 heterocycles. The van der Waals surface area contributed by atoms with Crippen LogP contribution in [0.15, 0.2) is 46.5 Å². The van der Waals surface area contributed by atoms with E-state index in [0.29, 0.717) is 17.4 Å². The predicted octanol–water partition coefficient (Wildman–Crippen LogP) is 2.31. The fourth-order valence-electron chi connectivity index (χ4n) is 2.40. The standard InChI is InChI=1S/C18H19N5O3S/c1-23(2)16-12(5-3-7-19-16)10-20-15(24)9-13-11-27-18(21-13)22-17(25)14-6-4-8-26-14/h3-8,11H,9-10H2,1-2H3,(H,20,24)(H,21,22,25). The summed E-state index contributed by atoms with van der Waals surface area (Å²) in [6.45, 7) is 0.381. The molecule has 2 amide bonds. The van der Waals surface area contributed by atoms with Crippen molar-refractivity contribution in [1.82, 2.24) is 15.3 Å². The zero-order chi connectivity index (χ0) is 19.2. The Bertz CT molecular complexity index is 921. The van der Waals surface area contributed by atoms with Gasteiger partial charge in [-0.1, -0.05) is 6.07 Å². The summed E-state index contributed by atoms with van der Waals surface area (Å²) < 4.78 is 5.03. The van der Waals surface area contributed by atoms with E-state index in [9.17, 15) is 9.59 Å². The highest BCUT2D eigenvalue weighted by Crippen LogP contribution is 2.17. The Hall–Kier alpha value is -3.20. The SMILES string of the molecule is CN(C)c1ncccc1CNC(=O)Cc1csc(NC(=O)c2ccco2)n1. The van der Waals surface area contributed by atoms with Gasteiger partial charge in [0.25, 0.3) is 5.91 Å². The minimum absolute atomic E-state index is 0.130. The Morgan fingerprint density at radius 2 is 2.11 bits per heavy atom. The summed E-state index contributed by atoms with van der Waals surface area (Å²) >= 11 is 1.26. The lowest BCUT2D eigenvalue weighted by Crippen LogP contribution is -2.26. The second-order valence-corrected chi connectivity index (χ2v) is 6.77. The Morgan fingerprint density at radius 1 is 1.26 bits per heavy atom. The number of nitrogens with one attached hydrogen (secondary N) is 2. The highest BCUT2D eigenvalue weighted by molar-refractivity contribution is 7.14. The minimum atomic E-state index is -0.377. The lowest BCUT2D eigenvalue weighted by molar-refractivity contribution is -0.120. The molecule has 0 atom stereocenters. The van der Waals surface area contributed by atoms with Gasteiger partial charge in [-0.15, -0.1) is 11.3 Å². The highest BCUT2D eigenvalue weighted by atomic mass is 32.1. The van der Waals surface area contributed by atoms with Gasteiger partial charge in [0.15, 0.2) is 10.9 Å². The zero-order valence-electron chi connectivity index (χ0n) is 14.9. The molecule has 0 spiro atoms. The maximum absolute atomic E-state index is 12.2. The van der Waals surface area contributed by atoms with Gasteiger partial charge in [0.2, 0.25) is 5.91 Å². The van der Waals surface area contributed by atoms with E-state index < -0.39 is 0 Å². The van der Waals surface area contributed by atoms with Crippen LogP contribution in [0.2, 0.25) is 0 Å². The van der Waals surface area contributed by atoms with E-state index in [1.165, 1.54) is 17.6 Å². The quantitative estimate of drug-likeness (QED) is 0.647. The van der Waals surface area contributed by atoms with Crippen molar-refractivity contribution in [2.75, 3.05) is 24.3 Å². The first-order chi connectivity index (χ1) is 13.0. The van der Waals surface area contributed by atoms with E-state index in [1.54, 1.807) is 23.7 Å². The summed E-state index contributed by atoms with van der Waals surface area (Å²) in [6.07, 6.45) is 3.27. The monoisotopic (exact) mass is 385 g/mol. The minimum Gasteiger partial charge on any atom is -0.459 e. The normalized spacial score (nSPS) is 10.4. The van der Waals surface area contributed by atoms with Crippen molar-refractivity contribution in [2.24, 2.45) is 0 Å². The van der Waals surface area contributed by atoms with Crippen molar-refractivity contribution in [3.8, 4) is 0 Å². The number of amides is 2. The van der Waals surface area contributed by atoms with Gasteiger partial charge < -0.3 is 14.6 Å². The van der Waals surface area contributed by atoms with Crippen LogP contribution in [-0.2, 0) is 17.8 Å². The third-order valence-electron chi connectivity index (χ3n) is 3.63. The number of anilines is 2. The molecule has 3 rings (SSSR count). The molecule has 140 valence electrons. The number of nitrogens with zero attached hydrogens (tertiary/aromatic N) is 3. The molecule has 0 saturated heterocycles. The van der Waals surface area contributed by atoms with Crippen LogP contribution in [-0.4, -0.2) is 35.9 Å². The predicted molar refractivity (Wildman–Crippen MR) is 103 cm³/mol. The molecule has 27 heavy (non-hydrogen) atoms. The molecule has 0 saturated carbocycles. The second kappa shape index (κ2) is 8.45. The first-order valence-corrected chi connectivity index (χ1v) is 9.08. The summed E-state index contributed by atoms with van der Waals surface area (Å²) in [5.74, 6) is 0.489. The summed E-state index contributed by atoms with van der Waals surface area (Å²) in [6, 6.07) is 6.96. The van der Waals surface area contributed by atoms with E-state index >= 15 is 0 Å². The largest absolute Gasteiger partial charge is 0.459 e. The number of aromatic nitrogens is 2. The molecule has 0 aliphatic heterocycles. The summed E-state index contributed by atoms with van der Waals surface area (Å²) in [5, 5.41) is 7.68. The van der Waals surface area contributed by atoms with Crippen LogP contribution in [0, 0.1) is 0 Å². The number of carbonyl (C=O) groups excluding carboxylic acids is 2. The van der Waals surface area contributed by atoms with E-state index in [1.807, 2.05) is 31.1 Å². The molecule has 3 aromatic rings. The Morgan fingerprint density at radius 3 is 2.85 bits per heavy atom. The lowest BCUT2D eigenvalue weighted by Gasteiger charge is -2.16. The molecule has 0 radical (unpaired) electrons. The zero-order valence-corrected chi connectivity index (χ0v) is 15.7. The van der Waals surface area contributed by atoms with Crippen molar-refractivity contribution < 1.29 is 14.0 Å². The van der Waals surface area contributed by atoms with Gasteiger partial charge in [0.05, 0.1) is 18.4 Å². The maximum atomic E-state index is 12.2. The highest BCUT2D eigenvalue weighted by Gasteiger charge is 2.13. The molecule has 3 aromatic heterocycles. The van der Waals surface area contributed by atoms with Gasteiger partial charge in [-0.05, 0) is 18.2 Å². The number of furan rings is 1. The number of hydrogen-bond donors (Lipinski definition) is 2. The Labute approximate surface area is 160 Å². The van der Waals surface area contributed by atoms with E-state index in [0.717, 1.165) is 11.4 Å². The van der Waals surface area contributed by atoms with E-state index in [2.05, 4.69) is 20.6 Å². The average molecular weight is 385 g/mol. The fourth-order valence-corrected chi connectivity index (χ4v) is 3.11. The second-order valence-electron chi connectivity index (χ2n) is 5.91. The van der Waals surface area contributed by atoms with Crippen LogP contribution in [0.4, 0.5) is 10.9 Å². The molecule has 0 aliphatic carbocycles. The van der Waals surface area contributed by atoms with Crippen LogP contribution in [0.1, 0.15) is 21.8 Å². The van der Waals surface area contributed by atoms with Gasteiger partial charge in [-0.25, -0.2) is 9.97 Å². The van der Waals surface area contributed by atoms with Crippen LogP contribution >= 0.6 is 11.3 Å². The molecule has 0 bridgehead atoms. The van der Waals surface area contributed by atoms with Gasteiger partial charge >= 0.3 is 0 Å². The molecule has 0 fully saturated rings. The van der Waals surface area contributed by atoms with Crippen molar-refractivity contribution in [1.29, 1.82) is 0 Å². The topological polar surface area (TPSA) is 100 Å². The molecule has 2 N–H and O–H groups in total. The van der Waals surface area contributed by atoms with Crippen LogP contribution < -0.4 is 15.5 Å². The molecule has 0 aromatic carbocycles. The summed E-state index contributed by atoms with van der Waals surface area (Å²) in [7, 11) is 3.81. The van der Waals surface area contributed by atoms with E-state index in [-0.39, 0.29) is 24.0 Å². The van der Waals surface area contributed by atoms with Crippen LogP contribution in [0.25, 0.3) is 0 Å². The molecule has 9 heteroatoms. The van der Waals surface area contributed by atoms with E-state index in [4.69, 9.17) is 4.42 Å². The van der Waals surface area contributed by atoms with Crippen molar-refractivity contribution in [3.05, 3.63) is 59.1 Å². The number of pyridine rings is 1. The van der Waals surface area contributed by atoms with Gasteiger partial charge in [-0.3, -0.25) is 14.9 Å². The van der Waals surface area contributed by atoms with Gasteiger partial charge in [0, 0.05) is 37.8 Å². The maximum Gasteiger partial charge on any atom is 0.293 e. The number of hydrogen-bond acceptors (Lipinski definition) is 7. The third-order valence-corrected chi connectivity index (χ3v) is 4.43. The summed E-state index contributed by atoms with van der Waals surface area (Å²) in [5.41, 5.74) is 1.52. The van der Waals surface area contributed by atoms with Crippen LogP contribution in [0.5, 0.6) is 0 Å². The van der Waals surface area contributed by atoms with Crippen molar-refractivity contribution in [2.45, 2.75) is 13.0 Å². The number of rotatable bonds is 7. The third kappa shape index (κ3) is 4.91. The number of carbonyl (C=O) groups is 2. The number of thiazole rings is 1.